The van der Waals surface area contributed by atoms with E-state index in [2.05, 4.69) is 43.3 Å². The first-order valence-electron chi connectivity index (χ1n) is 8.13. The van der Waals surface area contributed by atoms with E-state index in [0.717, 1.165) is 12.0 Å². The Labute approximate surface area is 122 Å². The highest BCUT2D eigenvalue weighted by atomic mass is 16.5. The van der Waals surface area contributed by atoms with Crippen LogP contribution in [0.2, 0.25) is 0 Å². The Hall–Kier alpha value is -0.860. The molecule has 0 N–H and O–H groups in total. The van der Waals surface area contributed by atoms with Crippen molar-refractivity contribution in [1.29, 1.82) is 0 Å². The summed E-state index contributed by atoms with van der Waals surface area (Å²) in [7, 11) is 4.41. The van der Waals surface area contributed by atoms with Crippen LogP contribution in [0.5, 0.6) is 0 Å². The molecule has 1 atom stereocenters. The van der Waals surface area contributed by atoms with Crippen molar-refractivity contribution in [1.82, 2.24) is 4.90 Å². The van der Waals surface area contributed by atoms with E-state index in [4.69, 9.17) is 4.74 Å². The summed E-state index contributed by atoms with van der Waals surface area (Å²) < 4.78 is 6.69. The van der Waals surface area contributed by atoms with Crippen molar-refractivity contribution in [3.05, 3.63) is 35.4 Å². The van der Waals surface area contributed by atoms with Crippen LogP contribution in [0.1, 0.15) is 55.8 Å². The van der Waals surface area contributed by atoms with Gasteiger partial charge in [0.1, 0.15) is 0 Å². The van der Waals surface area contributed by atoms with E-state index in [1.54, 1.807) is 0 Å². The lowest BCUT2D eigenvalue weighted by molar-refractivity contribution is -0.113. The number of nitrogens with zero attached hydrogens (tertiary/aromatic N) is 1. The summed E-state index contributed by atoms with van der Waals surface area (Å²) in [6.45, 7) is 0. The summed E-state index contributed by atoms with van der Waals surface area (Å²) >= 11 is 0. The van der Waals surface area contributed by atoms with Crippen molar-refractivity contribution in [2.75, 3.05) is 14.1 Å². The molecule has 1 unspecified atom stereocenters. The second-order valence-corrected chi connectivity index (χ2v) is 7.15. The zero-order valence-electron chi connectivity index (χ0n) is 12.6. The van der Waals surface area contributed by atoms with Crippen LogP contribution < -0.4 is 0 Å². The maximum Gasteiger partial charge on any atom is 0.0944 e. The lowest BCUT2D eigenvalue weighted by Gasteiger charge is -2.40. The van der Waals surface area contributed by atoms with Gasteiger partial charge in [0.25, 0.3) is 0 Å². The minimum Gasteiger partial charge on any atom is -0.362 e. The molecule has 1 aromatic rings. The predicted molar refractivity (Wildman–Crippen MR) is 80.6 cm³/mol. The summed E-state index contributed by atoms with van der Waals surface area (Å²) in [6.07, 6.45) is 8.01. The van der Waals surface area contributed by atoms with Crippen LogP contribution in [0.4, 0.5) is 0 Å². The molecule has 0 radical (unpaired) electrons. The minimum absolute atomic E-state index is 0.0381. The van der Waals surface area contributed by atoms with Gasteiger partial charge in [-0.15, -0.1) is 0 Å². The van der Waals surface area contributed by atoms with E-state index in [9.17, 15) is 0 Å². The Morgan fingerprint density at radius 1 is 1.05 bits per heavy atom. The molecule has 2 nitrogen and oxygen atoms in total. The highest BCUT2D eigenvalue weighted by molar-refractivity contribution is 5.39. The first-order valence-corrected chi connectivity index (χ1v) is 8.13. The van der Waals surface area contributed by atoms with E-state index in [-0.39, 0.29) is 5.60 Å². The summed E-state index contributed by atoms with van der Waals surface area (Å²) in [5, 5.41) is 0. The monoisotopic (exact) mass is 271 g/mol. The van der Waals surface area contributed by atoms with Crippen molar-refractivity contribution >= 4 is 0 Å². The molecule has 1 aliphatic heterocycles. The van der Waals surface area contributed by atoms with Gasteiger partial charge >= 0.3 is 0 Å². The molecule has 1 spiro atoms. The third kappa shape index (κ3) is 1.93. The number of rotatable bonds is 2. The Morgan fingerprint density at radius 2 is 1.75 bits per heavy atom. The minimum atomic E-state index is 0.0381. The molecule has 0 saturated heterocycles. The topological polar surface area (TPSA) is 12.5 Å². The fourth-order valence-corrected chi connectivity index (χ4v) is 4.25. The number of benzene rings is 1. The molecule has 0 aromatic heterocycles. The molecule has 1 aromatic carbocycles. The van der Waals surface area contributed by atoms with Gasteiger partial charge in [-0.05, 0) is 69.7 Å². The largest absolute Gasteiger partial charge is 0.362 e. The third-order valence-electron chi connectivity index (χ3n) is 5.65. The normalized spacial score (nSPS) is 36.5. The molecule has 20 heavy (non-hydrogen) atoms. The first-order chi connectivity index (χ1) is 9.70. The molecule has 2 aliphatic carbocycles. The Morgan fingerprint density at radius 3 is 2.40 bits per heavy atom. The van der Waals surface area contributed by atoms with E-state index in [1.165, 1.54) is 49.7 Å². The summed E-state index contributed by atoms with van der Waals surface area (Å²) in [5.41, 5.74) is 3.04. The van der Waals surface area contributed by atoms with E-state index in [1.807, 2.05) is 0 Å². The SMILES string of the molecule is CN(C)C1CCC2(CC1)OC(C1CC1)c1ccccc12. The molecule has 3 aliphatic rings. The van der Waals surface area contributed by atoms with Crippen molar-refractivity contribution < 1.29 is 4.74 Å². The van der Waals surface area contributed by atoms with Gasteiger partial charge in [0.05, 0.1) is 11.7 Å². The molecule has 2 fully saturated rings. The molecule has 0 amide bonds. The molecule has 0 bridgehead atoms. The first kappa shape index (κ1) is 12.8. The second kappa shape index (κ2) is 4.57. The van der Waals surface area contributed by atoms with E-state index >= 15 is 0 Å². The van der Waals surface area contributed by atoms with Gasteiger partial charge in [0.15, 0.2) is 0 Å². The summed E-state index contributed by atoms with van der Waals surface area (Å²) in [5.74, 6) is 0.794. The maximum atomic E-state index is 6.69. The highest BCUT2D eigenvalue weighted by Crippen LogP contribution is 2.57. The Bertz CT molecular complexity index is 498. The number of hydrogen-bond acceptors (Lipinski definition) is 2. The highest BCUT2D eigenvalue weighted by Gasteiger charge is 2.50. The molecule has 4 rings (SSSR count). The Kier molecular flexibility index (Phi) is 2.94. The fourth-order valence-electron chi connectivity index (χ4n) is 4.25. The van der Waals surface area contributed by atoms with Gasteiger partial charge in [-0.25, -0.2) is 0 Å². The van der Waals surface area contributed by atoms with Crippen LogP contribution in [-0.2, 0) is 10.3 Å². The molecule has 2 saturated carbocycles. The maximum absolute atomic E-state index is 6.69. The predicted octanol–water partition coefficient (Wildman–Crippen LogP) is 3.87. The molecule has 108 valence electrons. The van der Waals surface area contributed by atoms with Crippen molar-refractivity contribution in [2.45, 2.75) is 56.3 Å². The zero-order valence-corrected chi connectivity index (χ0v) is 12.6. The van der Waals surface area contributed by atoms with Gasteiger partial charge in [0.2, 0.25) is 0 Å². The number of hydrogen-bond donors (Lipinski definition) is 0. The quantitative estimate of drug-likeness (QED) is 0.809. The van der Waals surface area contributed by atoms with Gasteiger partial charge in [-0.2, -0.15) is 0 Å². The van der Waals surface area contributed by atoms with Crippen LogP contribution >= 0.6 is 0 Å². The molecule has 1 heterocycles. The summed E-state index contributed by atoms with van der Waals surface area (Å²) in [6, 6.07) is 9.74. The zero-order chi connectivity index (χ0) is 13.7. The molecular formula is C18H25NO. The van der Waals surface area contributed by atoms with Gasteiger partial charge in [-0.1, -0.05) is 24.3 Å². The van der Waals surface area contributed by atoms with Gasteiger partial charge in [0, 0.05) is 6.04 Å². The Balaban J connectivity index is 1.63. The van der Waals surface area contributed by atoms with Crippen molar-refractivity contribution in [2.24, 2.45) is 5.92 Å². The average molecular weight is 271 g/mol. The van der Waals surface area contributed by atoms with E-state index < -0.39 is 0 Å². The van der Waals surface area contributed by atoms with E-state index in [0.29, 0.717) is 6.10 Å². The van der Waals surface area contributed by atoms with Crippen LogP contribution in [-0.4, -0.2) is 25.0 Å². The van der Waals surface area contributed by atoms with Gasteiger partial charge in [-0.3, -0.25) is 0 Å². The second-order valence-electron chi connectivity index (χ2n) is 7.15. The lowest BCUT2D eigenvalue weighted by atomic mass is 9.77. The van der Waals surface area contributed by atoms with Crippen LogP contribution in [0, 0.1) is 5.92 Å². The van der Waals surface area contributed by atoms with Crippen LogP contribution in [0.3, 0.4) is 0 Å². The summed E-state index contributed by atoms with van der Waals surface area (Å²) in [4.78, 5) is 2.38. The lowest BCUT2D eigenvalue weighted by Crippen LogP contribution is -2.39. The molecule has 2 heteroatoms. The number of fused-ring (bicyclic) bond motifs is 2. The van der Waals surface area contributed by atoms with Gasteiger partial charge < -0.3 is 9.64 Å². The van der Waals surface area contributed by atoms with Crippen molar-refractivity contribution in [3.8, 4) is 0 Å². The smallest absolute Gasteiger partial charge is 0.0944 e. The van der Waals surface area contributed by atoms with Crippen LogP contribution in [0.15, 0.2) is 24.3 Å². The van der Waals surface area contributed by atoms with Crippen molar-refractivity contribution in [3.63, 3.8) is 0 Å². The van der Waals surface area contributed by atoms with Crippen LogP contribution in [0.25, 0.3) is 0 Å². The number of ether oxygens (including phenoxy) is 1. The average Bonchev–Trinajstić information content (AvgIpc) is 3.26. The fraction of sp³-hybridized carbons (Fsp3) is 0.667. The standard InChI is InChI=1S/C18H25NO/c1-19(2)14-9-11-18(12-10-14)16-6-4-3-5-15(16)17(20-18)13-7-8-13/h3-6,13-14,17H,7-12H2,1-2H3. The third-order valence-corrected chi connectivity index (χ3v) is 5.65. The molecular weight excluding hydrogens is 246 g/mol.